The van der Waals surface area contributed by atoms with Crippen LogP contribution < -0.4 is 0 Å². The Morgan fingerprint density at radius 2 is 2.19 bits per heavy atom. The molecule has 0 amide bonds. The minimum Gasteiger partial charge on any atom is -0.498 e. The SMILES string of the molecule is C#C[C@H]1C[C@@]2(C)[C@@H](CC[C@@]2(O)COC)[C@@H]2CC=C3C=C(OCC)CC[C@@H]3[C@H]21. The number of methoxy groups -OCH3 is 1. The highest BCUT2D eigenvalue weighted by Gasteiger charge is 2.64. The summed E-state index contributed by atoms with van der Waals surface area (Å²) in [6.45, 7) is 5.48. The first-order valence-electron chi connectivity index (χ1n) is 10.7. The highest BCUT2D eigenvalue weighted by molar-refractivity contribution is 5.33. The van der Waals surface area contributed by atoms with E-state index in [0.717, 1.165) is 50.9 Å². The van der Waals surface area contributed by atoms with E-state index in [1.54, 1.807) is 7.11 Å². The largest absolute Gasteiger partial charge is 0.498 e. The lowest BCUT2D eigenvalue weighted by Crippen LogP contribution is -2.56. The average molecular weight is 371 g/mol. The van der Waals surface area contributed by atoms with E-state index in [0.29, 0.717) is 30.3 Å². The van der Waals surface area contributed by atoms with Gasteiger partial charge in [-0.2, -0.15) is 0 Å². The fourth-order valence-corrected chi connectivity index (χ4v) is 7.10. The van der Waals surface area contributed by atoms with Crippen molar-refractivity contribution in [2.24, 2.45) is 35.0 Å². The van der Waals surface area contributed by atoms with Gasteiger partial charge >= 0.3 is 0 Å². The van der Waals surface area contributed by atoms with Gasteiger partial charge < -0.3 is 14.6 Å². The standard InChI is InChI=1S/C24H34O3/c1-5-16-14-23(3)21(11-12-24(23,25)15-26-4)20-9-7-17-13-18(27-6-2)8-10-19(17)22(16)20/h1,7,13,16,19-22,25H,6,8-12,14-15H2,2-4H3/t16-,19-,20-,21-,22+,23-,24+/m0/s1. The lowest BCUT2D eigenvalue weighted by Gasteiger charge is -2.56. The second kappa shape index (κ2) is 6.98. The number of hydrogen-bond donors (Lipinski definition) is 1. The van der Waals surface area contributed by atoms with Crippen molar-refractivity contribution in [3.8, 4) is 12.3 Å². The van der Waals surface area contributed by atoms with Gasteiger partial charge in [-0.25, -0.2) is 0 Å². The number of allylic oxidation sites excluding steroid dienone is 4. The van der Waals surface area contributed by atoms with Crippen LogP contribution in [0.1, 0.15) is 52.4 Å². The van der Waals surface area contributed by atoms with Crippen molar-refractivity contribution in [1.82, 2.24) is 0 Å². The maximum Gasteiger partial charge on any atom is 0.0962 e. The molecule has 4 aliphatic carbocycles. The summed E-state index contributed by atoms with van der Waals surface area (Å²) in [6, 6.07) is 0. The molecule has 0 heterocycles. The molecule has 3 heteroatoms. The molecule has 1 N–H and O–H groups in total. The van der Waals surface area contributed by atoms with Crippen LogP contribution in [0.5, 0.6) is 0 Å². The number of terminal acetylenes is 1. The molecule has 148 valence electrons. The number of ether oxygens (including phenoxy) is 2. The lowest BCUT2D eigenvalue weighted by atomic mass is 9.48. The summed E-state index contributed by atoms with van der Waals surface area (Å²) in [5, 5.41) is 11.4. The molecule has 0 aromatic rings. The third-order valence-electron chi connectivity index (χ3n) is 8.34. The van der Waals surface area contributed by atoms with Crippen molar-refractivity contribution in [2.75, 3.05) is 20.3 Å². The third-order valence-corrected chi connectivity index (χ3v) is 8.34. The fourth-order valence-electron chi connectivity index (χ4n) is 7.10. The molecule has 0 aromatic heterocycles. The summed E-state index contributed by atoms with van der Waals surface area (Å²) in [4.78, 5) is 0. The summed E-state index contributed by atoms with van der Waals surface area (Å²) >= 11 is 0. The van der Waals surface area contributed by atoms with Crippen molar-refractivity contribution < 1.29 is 14.6 Å². The van der Waals surface area contributed by atoms with Crippen molar-refractivity contribution in [2.45, 2.75) is 58.0 Å². The van der Waals surface area contributed by atoms with E-state index in [4.69, 9.17) is 15.9 Å². The van der Waals surface area contributed by atoms with Crippen LogP contribution in [-0.2, 0) is 9.47 Å². The Morgan fingerprint density at radius 3 is 2.89 bits per heavy atom. The van der Waals surface area contributed by atoms with Crippen molar-refractivity contribution in [1.29, 1.82) is 0 Å². The Morgan fingerprint density at radius 1 is 1.37 bits per heavy atom. The van der Waals surface area contributed by atoms with Crippen LogP contribution in [0.2, 0.25) is 0 Å². The maximum absolute atomic E-state index is 11.4. The number of rotatable bonds is 4. The van der Waals surface area contributed by atoms with Gasteiger partial charge in [0, 0.05) is 24.9 Å². The van der Waals surface area contributed by atoms with Gasteiger partial charge in [0.05, 0.1) is 24.6 Å². The van der Waals surface area contributed by atoms with Crippen LogP contribution in [0.4, 0.5) is 0 Å². The number of hydrogen-bond acceptors (Lipinski definition) is 3. The highest BCUT2D eigenvalue weighted by atomic mass is 16.5. The zero-order valence-corrected chi connectivity index (χ0v) is 17.0. The molecule has 7 atom stereocenters. The van der Waals surface area contributed by atoms with Crippen molar-refractivity contribution >= 4 is 0 Å². The summed E-state index contributed by atoms with van der Waals surface area (Å²) < 4.78 is 11.2. The van der Waals surface area contributed by atoms with Crippen LogP contribution in [0.3, 0.4) is 0 Å². The summed E-state index contributed by atoms with van der Waals surface area (Å²) in [5.74, 6) is 6.72. The molecule has 0 spiro atoms. The second-order valence-electron chi connectivity index (χ2n) is 9.37. The van der Waals surface area contributed by atoms with Gasteiger partial charge in [-0.3, -0.25) is 0 Å². The summed E-state index contributed by atoms with van der Waals surface area (Å²) in [7, 11) is 1.69. The van der Waals surface area contributed by atoms with Crippen LogP contribution in [0.15, 0.2) is 23.5 Å². The molecule has 3 nitrogen and oxygen atoms in total. The van der Waals surface area contributed by atoms with Crippen LogP contribution in [0, 0.1) is 47.3 Å². The molecule has 2 saturated carbocycles. The van der Waals surface area contributed by atoms with Crippen molar-refractivity contribution in [3.63, 3.8) is 0 Å². The van der Waals surface area contributed by atoms with Gasteiger partial charge in [-0.05, 0) is 74.3 Å². The Hall–Kier alpha value is -1.24. The van der Waals surface area contributed by atoms with E-state index in [9.17, 15) is 5.11 Å². The summed E-state index contributed by atoms with van der Waals surface area (Å²) in [6.07, 6.45) is 16.9. The van der Waals surface area contributed by atoms with E-state index in [1.807, 2.05) is 0 Å². The van der Waals surface area contributed by atoms with E-state index >= 15 is 0 Å². The zero-order valence-electron chi connectivity index (χ0n) is 17.0. The minimum atomic E-state index is -0.745. The first-order chi connectivity index (χ1) is 13.0. The predicted molar refractivity (Wildman–Crippen MR) is 107 cm³/mol. The molecule has 0 radical (unpaired) electrons. The Kier molecular flexibility index (Phi) is 4.93. The molecular weight excluding hydrogens is 336 g/mol. The smallest absolute Gasteiger partial charge is 0.0962 e. The van der Waals surface area contributed by atoms with Crippen LogP contribution in [0.25, 0.3) is 0 Å². The van der Waals surface area contributed by atoms with Gasteiger partial charge in [-0.1, -0.05) is 13.0 Å². The van der Waals surface area contributed by atoms with Gasteiger partial charge in [0.2, 0.25) is 0 Å². The van der Waals surface area contributed by atoms with E-state index in [1.165, 1.54) is 5.57 Å². The maximum atomic E-state index is 11.4. The number of aliphatic hydroxyl groups is 1. The first-order valence-corrected chi connectivity index (χ1v) is 10.7. The number of fused-ring (bicyclic) bond motifs is 5. The van der Waals surface area contributed by atoms with E-state index in [-0.39, 0.29) is 11.3 Å². The monoisotopic (exact) mass is 370 g/mol. The quantitative estimate of drug-likeness (QED) is 0.749. The van der Waals surface area contributed by atoms with Gasteiger partial charge in [-0.15, -0.1) is 12.3 Å². The second-order valence-corrected chi connectivity index (χ2v) is 9.37. The molecule has 27 heavy (non-hydrogen) atoms. The van der Waals surface area contributed by atoms with Crippen molar-refractivity contribution in [3.05, 3.63) is 23.5 Å². The predicted octanol–water partition coefficient (Wildman–Crippen LogP) is 4.33. The summed E-state index contributed by atoms with van der Waals surface area (Å²) in [5.41, 5.74) is 0.554. The molecule has 0 bridgehead atoms. The molecule has 4 rings (SSSR count). The van der Waals surface area contributed by atoms with E-state index in [2.05, 4.69) is 31.9 Å². The topological polar surface area (TPSA) is 38.7 Å². The normalized spacial score (nSPS) is 45.7. The van der Waals surface area contributed by atoms with Gasteiger partial charge in [0.15, 0.2) is 0 Å². The fraction of sp³-hybridized carbons (Fsp3) is 0.750. The Balaban J connectivity index is 1.68. The van der Waals surface area contributed by atoms with Crippen LogP contribution in [-0.4, -0.2) is 31.0 Å². The molecule has 0 aliphatic heterocycles. The molecule has 2 fully saturated rings. The Bertz CT molecular complexity index is 686. The molecule has 0 unspecified atom stereocenters. The average Bonchev–Trinajstić information content (AvgIpc) is 2.92. The highest BCUT2D eigenvalue weighted by Crippen LogP contribution is 2.65. The molecule has 0 saturated heterocycles. The minimum absolute atomic E-state index is 0.145. The molecular formula is C24H34O3. The lowest BCUT2D eigenvalue weighted by molar-refractivity contribution is -0.150. The molecule has 4 aliphatic rings. The van der Waals surface area contributed by atoms with Gasteiger partial charge in [0.1, 0.15) is 0 Å². The third kappa shape index (κ3) is 2.79. The molecule has 0 aromatic carbocycles. The first kappa shape index (κ1) is 19.1. The zero-order chi connectivity index (χ0) is 19.2. The van der Waals surface area contributed by atoms with E-state index < -0.39 is 5.60 Å². The van der Waals surface area contributed by atoms with Crippen LogP contribution >= 0.6 is 0 Å². The van der Waals surface area contributed by atoms with Gasteiger partial charge in [0.25, 0.3) is 0 Å². The Labute approximate surface area is 164 Å².